The topological polar surface area (TPSA) is 105 Å². The molecule has 0 saturated carbocycles. The summed E-state index contributed by atoms with van der Waals surface area (Å²) in [7, 11) is 4.28. The quantitative estimate of drug-likeness (QED) is 0.261. The molecule has 0 spiro atoms. The van der Waals surface area contributed by atoms with Gasteiger partial charge in [-0.05, 0) is 24.3 Å². The molecule has 9 nitrogen and oxygen atoms in total. The number of carbonyl (C=O) groups excluding carboxylic acids is 1. The molecule has 2 aromatic carbocycles. The molecule has 0 aliphatic carbocycles. The number of hydrogen-bond acceptors (Lipinski definition) is 6. The fourth-order valence-corrected chi connectivity index (χ4v) is 4.25. The molecule has 13 heteroatoms. The van der Waals surface area contributed by atoms with Crippen LogP contribution in [-0.4, -0.2) is 35.3 Å². The van der Waals surface area contributed by atoms with Crippen LogP contribution in [0.15, 0.2) is 58.7 Å². The maximum atomic E-state index is 13.0. The average Bonchev–Trinajstić information content (AvgIpc) is 3.18. The monoisotopic (exact) mass is 505 g/mol. The van der Waals surface area contributed by atoms with Gasteiger partial charge in [0.1, 0.15) is 11.4 Å². The van der Waals surface area contributed by atoms with Crippen LogP contribution >= 0.6 is 11.8 Å². The minimum atomic E-state index is -4.55. The van der Waals surface area contributed by atoms with Crippen molar-refractivity contribution in [2.45, 2.75) is 16.1 Å². The summed E-state index contributed by atoms with van der Waals surface area (Å²) < 4.78 is 50.3. The van der Waals surface area contributed by atoms with Crippen LogP contribution < -0.4 is 24.8 Å². The van der Waals surface area contributed by atoms with Crippen LogP contribution in [0.3, 0.4) is 0 Å². The number of alkyl halides is 3. The van der Waals surface area contributed by atoms with Crippen LogP contribution in [0.25, 0.3) is 10.9 Å². The third kappa shape index (κ3) is 5.40. The Bertz CT molecular complexity index is 1390. The van der Waals surface area contributed by atoms with Gasteiger partial charge in [0.05, 0.1) is 25.8 Å². The molecule has 0 saturated heterocycles. The van der Waals surface area contributed by atoms with Crippen molar-refractivity contribution >= 4 is 40.2 Å². The second kappa shape index (κ2) is 9.70. The molecule has 35 heavy (non-hydrogen) atoms. The van der Waals surface area contributed by atoms with Gasteiger partial charge in [0.25, 0.3) is 0 Å². The van der Waals surface area contributed by atoms with E-state index in [1.165, 1.54) is 32.2 Å². The van der Waals surface area contributed by atoms with Gasteiger partial charge in [-0.2, -0.15) is 13.2 Å². The van der Waals surface area contributed by atoms with Gasteiger partial charge in [-0.1, -0.05) is 17.8 Å². The minimum Gasteiger partial charge on any atom is -0.493 e. The second-order valence-electron chi connectivity index (χ2n) is 7.22. The van der Waals surface area contributed by atoms with E-state index in [-0.39, 0.29) is 5.82 Å². The van der Waals surface area contributed by atoms with E-state index in [0.29, 0.717) is 27.7 Å². The lowest BCUT2D eigenvalue weighted by Gasteiger charge is -2.11. The molecular weight excluding hydrogens is 485 g/mol. The summed E-state index contributed by atoms with van der Waals surface area (Å²) in [6.07, 6.45) is -3.11. The second-order valence-corrected chi connectivity index (χ2v) is 8.29. The van der Waals surface area contributed by atoms with Crippen LogP contribution in [0.2, 0.25) is 0 Å². The van der Waals surface area contributed by atoms with E-state index in [4.69, 9.17) is 9.47 Å². The third-order valence-electron chi connectivity index (χ3n) is 4.88. The van der Waals surface area contributed by atoms with Crippen molar-refractivity contribution in [1.82, 2.24) is 15.1 Å². The minimum absolute atomic E-state index is 0.0975. The van der Waals surface area contributed by atoms with Crippen LogP contribution in [0, 0.1) is 0 Å². The number of methoxy groups -OCH3 is 2. The molecule has 0 aliphatic heterocycles. The van der Waals surface area contributed by atoms with E-state index in [1.807, 2.05) is 6.07 Å². The molecule has 0 aliphatic rings. The molecule has 4 rings (SSSR count). The number of amides is 2. The third-order valence-corrected chi connectivity index (χ3v) is 5.89. The highest BCUT2D eigenvalue weighted by Crippen LogP contribution is 2.37. The number of ether oxygens (including phenoxy) is 2. The Balaban J connectivity index is 1.51. The Hall–Kier alpha value is -4.00. The Morgan fingerprint density at radius 1 is 1.06 bits per heavy atom. The molecule has 0 atom stereocenters. The summed E-state index contributed by atoms with van der Waals surface area (Å²) in [5.41, 5.74) is 0.195. The standard InChI is InChI=1S/C22H19F3N6O3S/c1-31-18(22(23,24)25)10-19(30-31)29-21(32)28-12-5-4-6-13(7-12)35-20-14-8-16(33-2)17(34-3)9-15(14)26-11-27-20/h4-11H,1-3H3,(H2,28,29,30,32)/p+1. The van der Waals surface area contributed by atoms with Gasteiger partial charge in [0.2, 0.25) is 0 Å². The summed E-state index contributed by atoms with van der Waals surface area (Å²) in [4.78, 5) is 21.8. The number of urea groups is 1. The number of aromatic nitrogens is 4. The number of benzene rings is 2. The van der Waals surface area contributed by atoms with Crippen molar-refractivity contribution in [3.05, 3.63) is 54.5 Å². The van der Waals surface area contributed by atoms with Gasteiger partial charge in [0.15, 0.2) is 24.4 Å². The Labute approximate surface area is 201 Å². The first-order valence-corrected chi connectivity index (χ1v) is 10.9. The van der Waals surface area contributed by atoms with E-state index in [9.17, 15) is 18.0 Å². The lowest BCUT2D eigenvalue weighted by atomic mass is 10.2. The zero-order valence-electron chi connectivity index (χ0n) is 18.7. The van der Waals surface area contributed by atoms with Crippen molar-refractivity contribution < 1.29 is 32.1 Å². The highest BCUT2D eigenvalue weighted by Gasteiger charge is 2.42. The molecule has 2 amide bonds. The number of nitrogens with one attached hydrogen (secondary N) is 3. The van der Waals surface area contributed by atoms with E-state index in [1.54, 1.807) is 37.4 Å². The number of hydrogen-bond donors (Lipinski definition) is 3. The molecule has 2 aromatic heterocycles. The zero-order chi connectivity index (χ0) is 25.2. The van der Waals surface area contributed by atoms with Crippen LogP contribution in [0.4, 0.5) is 29.5 Å². The number of aryl methyl sites for hydroxylation is 1. The maximum absolute atomic E-state index is 13.0. The first-order chi connectivity index (χ1) is 16.7. The largest absolute Gasteiger partial charge is 0.493 e. The lowest BCUT2D eigenvalue weighted by Crippen LogP contribution is -2.38. The smallest absolute Gasteiger partial charge is 0.479 e. The number of fused-ring (bicyclic) bond motifs is 1. The van der Waals surface area contributed by atoms with E-state index in [2.05, 4.69) is 25.7 Å². The number of nitrogens with zero attached hydrogens (tertiary/aromatic N) is 3. The summed E-state index contributed by atoms with van der Waals surface area (Å²) in [6.45, 7) is 0. The van der Waals surface area contributed by atoms with Gasteiger partial charge in [-0.3, -0.25) is 5.32 Å². The molecule has 0 radical (unpaired) electrons. The van der Waals surface area contributed by atoms with Crippen molar-refractivity contribution in [3.8, 4) is 11.5 Å². The van der Waals surface area contributed by atoms with E-state index in [0.717, 1.165) is 21.0 Å². The van der Waals surface area contributed by atoms with E-state index < -0.39 is 17.9 Å². The van der Waals surface area contributed by atoms with Gasteiger partial charge in [-0.15, -0.1) is 9.78 Å². The summed E-state index contributed by atoms with van der Waals surface area (Å²) in [6, 6.07) is 10.6. The SMILES string of the molecule is COc1cc2ncnc(Sc3cccc(NC(=O)Nc4cc(C(F)(F)F)[n+](C)[nH]4)c3)c2cc1OC. The number of carbonyl (C=O) groups is 1. The highest BCUT2D eigenvalue weighted by atomic mass is 32.2. The molecule has 2 heterocycles. The fourth-order valence-electron chi connectivity index (χ4n) is 3.32. The maximum Gasteiger partial charge on any atom is 0.479 e. The van der Waals surface area contributed by atoms with E-state index >= 15 is 0 Å². The van der Waals surface area contributed by atoms with Crippen molar-refractivity contribution in [2.75, 3.05) is 24.9 Å². The Kier molecular flexibility index (Phi) is 6.69. The van der Waals surface area contributed by atoms with Gasteiger partial charge < -0.3 is 14.8 Å². The molecule has 3 N–H and O–H groups in total. The number of halogens is 3. The first kappa shape index (κ1) is 24.1. The number of rotatable bonds is 6. The van der Waals surface area contributed by atoms with Crippen molar-refractivity contribution in [3.63, 3.8) is 0 Å². The van der Waals surface area contributed by atoms with Crippen LogP contribution in [-0.2, 0) is 13.2 Å². The number of aromatic amines is 1. The molecule has 0 bridgehead atoms. The fraction of sp³-hybridized carbons (Fsp3) is 0.182. The molecule has 0 unspecified atom stereocenters. The first-order valence-electron chi connectivity index (χ1n) is 10.1. The van der Waals surface area contributed by atoms with Crippen LogP contribution in [0.5, 0.6) is 11.5 Å². The average molecular weight is 506 g/mol. The summed E-state index contributed by atoms with van der Waals surface area (Å²) in [5, 5.41) is 8.82. The molecular formula is C22H20F3N6O3S+. The molecule has 182 valence electrons. The van der Waals surface area contributed by atoms with Gasteiger partial charge in [0, 0.05) is 22.0 Å². The summed E-state index contributed by atoms with van der Waals surface area (Å²) >= 11 is 1.35. The molecule has 0 fully saturated rings. The Morgan fingerprint density at radius 3 is 2.49 bits per heavy atom. The lowest BCUT2D eigenvalue weighted by molar-refractivity contribution is -0.742. The number of H-pyrrole nitrogens is 1. The molecule has 4 aromatic rings. The summed E-state index contributed by atoms with van der Waals surface area (Å²) in [5.74, 6) is 0.986. The highest BCUT2D eigenvalue weighted by molar-refractivity contribution is 7.99. The van der Waals surface area contributed by atoms with Crippen molar-refractivity contribution in [2.24, 2.45) is 7.05 Å². The number of anilines is 2. The van der Waals surface area contributed by atoms with Crippen molar-refractivity contribution in [1.29, 1.82) is 0 Å². The Morgan fingerprint density at radius 2 is 1.80 bits per heavy atom. The predicted molar refractivity (Wildman–Crippen MR) is 123 cm³/mol. The zero-order valence-corrected chi connectivity index (χ0v) is 19.5. The normalized spacial score (nSPS) is 11.4. The predicted octanol–water partition coefficient (Wildman–Crippen LogP) is 4.61. The van der Waals surface area contributed by atoms with Gasteiger partial charge in [-0.25, -0.2) is 14.8 Å². The van der Waals surface area contributed by atoms with Gasteiger partial charge >= 0.3 is 17.9 Å². The van der Waals surface area contributed by atoms with Crippen LogP contribution in [0.1, 0.15) is 5.69 Å².